The van der Waals surface area contributed by atoms with Crippen molar-refractivity contribution in [3.05, 3.63) is 53.7 Å². The van der Waals surface area contributed by atoms with Crippen molar-refractivity contribution in [2.24, 2.45) is 11.0 Å². The number of nitrogens with one attached hydrogen (secondary N) is 1. The number of carbonyl (C=O) groups is 1. The molecule has 0 radical (unpaired) electrons. The second-order valence-electron chi connectivity index (χ2n) is 8.39. The van der Waals surface area contributed by atoms with Gasteiger partial charge in [-0.25, -0.2) is 0 Å². The average Bonchev–Trinajstić information content (AvgIpc) is 3.38. The Morgan fingerprint density at radius 1 is 1.27 bits per heavy atom. The number of carbonyl (C=O) groups excluding carboxylic acids is 1. The van der Waals surface area contributed by atoms with Gasteiger partial charge < -0.3 is 5.32 Å². The van der Waals surface area contributed by atoms with Crippen LogP contribution in [0.25, 0.3) is 5.57 Å². The molecule has 3 aliphatic rings. The zero-order chi connectivity index (χ0) is 18.4. The van der Waals surface area contributed by atoms with Gasteiger partial charge in [-0.3, -0.25) is 4.79 Å². The van der Waals surface area contributed by atoms with Gasteiger partial charge >= 0.3 is 0 Å². The van der Waals surface area contributed by atoms with Crippen LogP contribution < -0.4 is 5.32 Å². The molecule has 4 nitrogen and oxygen atoms in total. The molecule has 0 aromatic heterocycles. The Morgan fingerprint density at radius 2 is 2.00 bits per heavy atom. The third-order valence-corrected chi connectivity index (χ3v) is 6.20. The summed E-state index contributed by atoms with van der Waals surface area (Å²) in [4.78, 5) is 13.2. The lowest BCUT2D eigenvalue weighted by molar-refractivity contribution is -0.899. The van der Waals surface area contributed by atoms with Gasteiger partial charge in [0.15, 0.2) is 0 Å². The molecular formula is C22H28N3O+. The number of allylic oxidation sites excluding steroid dienone is 1. The van der Waals surface area contributed by atoms with Crippen molar-refractivity contribution in [3.8, 4) is 0 Å². The summed E-state index contributed by atoms with van der Waals surface area (Å²) in [5.41, 5.74) is 3.11. The predicted octanol–water partition coefficient (Wildman–Crippen LogP) is 3.87. The van der Waals surface area contributed by atoms with Crippen LogP contribution >= 0.6 is 0 Å². The molecule has 0 saturated heterocycles. The molecule has 26 heavy (non-hydrogen) atoms. The summed E-state index contributed by atoms with van der Waals surface area (Å²) in [6.45, 7) is 7.13. The zero-order valence-corrected chi connectivity index (χ0v) is 15.9. The minimum absolute atomic E-state index is 0.0816. The van der Waals surface area contributed by atoms with E-state index in [2.05, 4.69) is 56.6 Å². The number of hydrogen-bond donors (Lipinski definition) is 1. The van der Waals surface area contributed by atoms with E-state index in [0.717, 1.165) is 12.0 Å². The monoisotopic (exact) mass is 350 g/mol. The van der Waals surface area contributed by atoms with Crippen LogP contribution in [0.1, 0.15) is 45.6 Å². The summed E-state index contributed by atoms with van der Waals surface area (Å²) in [5.74, 6) is 0.683. The van der Waals surface area contributed by atoms with Crippen molar-refractivity contribution in [3.63, 3.8) is 0 Å². The molecule has 136 valence electrons. The maximum atomic E-state index is 13.2. The topological polar surface area (TPSA) is 41.5 Å². The highest BCUT2D eigenvalue weighted by Crippen LogP contribution is 2.47. The average molecular weight is 350 g/mol. The second-order valence-corrected chi connectivity index (χ2v) is 8.39. The van der Waals surface area contributed by atoms with Gasteiger partial charge in [-0.15, -0.1) is 0 Å². The summed E-state index contributed by atoms with van der Waals surface area (Å²) in [5, 5.41) is 8.05. The van der Waals surface area contributed by atoms with Crippen LogP contribution in [0.2, 0.25) is 0 Å². The van der Waals surface area contributed by atoms with E-state index < -0.39 is 0 Å². The third kappa shape index (κ3) is 2.92. The van der Waals surface area contributed by atoms with Crippen LogP contribution in [0, 0.1) is 5.92 Å². The SMILES string of the molecule is CC(C)[N+]1(CC2=C(c3ccccc3)CC(C)(C3CC3)NC2=O)C=CC=N1. The van der Waals surface area contributed by atoms with Crippen molar-refractivity contribution in [2.75, 3.05) is 6.54 Å². The lowest BCUT2D eigenvalue weighted by Crippen LogP contribution is -2.54. The molecule has 1 saturated carbocycles. The molecule has 0 spiro atoms. The highest BCUT2D eigenvalue weighted by Gasteiger charge is 2.48. The van der Waals surface area contributed by atoms with Gasteiger partial charge in [0.05, 0.1) is 11.8 Å². The number of nitrogens with zero attached hydrogens (tertiary/aromatic N) is 2. The predicted molar refractivity (Wildman–Crippen MR) is 105 cm³/mol. The smallest absolute Gasteiger partial charge is 0.253 e. The Labute approximate surface area is 155 Å². The molecule has 1 aromatic rings. The van der Waals surface area contributed by atoms with E-state index in [1.807, 2.05) is 18.4 Å². The zero-order valence-electron chi connectivity index (χ0n) is 15.9. The van der Waals surface area contributed by atoms with Crippen LogP contribution in [-0.2, 0) is 4.79 Å². The van der Waals surface area contributed by atoms with E-state index in [-0.39, 0.29) is 17.5 Å². The third-order valence-electron chi connectivity index (χ3n) is 6.20. The molecule has 1 aliphatic carbocycles. The first-order valence-electron chi connectivity index (χ1n) is 9.64. The Balaban J connectivity index is 1.79. The van der Waals surface area contributed by atoms with Gasteiger partial charge in [0.1, 0.15) is 18.8 Å². The molecule has 1 amide bonds. The Kier molecular flexibility index (Phi) is 4.11. The lowest BCUT2D eigenvalue weighted by atomic mass is 9.79. The fourth-order valence-corrected chi connectivity index (χ4v) is 4.26. The molecule has 2 aliphatic heterocycles. The number of hydrogen-bond acceptors (Lipinski definition) is 2. The van der Waals surface area contributed by atoms with Crippen LogP contribution in [-0.4, -0.2) is 34.8 Å². The Morgan fingerprint density at radius 3 is 2.58 bits per heavy atom. The normalized spacial score (nSPS) is 31.0. The van der Waals surface area contributed by atoms with E-state index in [9.17, 15) is 4.79 Å². The van der Waals surface area contributed by atoms with Gasteiger partial charge in [0, 0.05) is 11.6 Å². The maximum Gasteiger partial charge on any atom is 0.253 e. The van der Waals surface area contributed by atoms with E-state index in [4.69, 9.17) is 5.10 Å². The van der Waals surface area contributed by atoms with Crippen molar-refractivity contribution in [1.82, 2.24) is 5.32 Å². The van der Waals surface area contributed by atoms with Crippen molar-refractivity contribution in [1.29, 1.82) is 0 Å². The summed E-state index contributed by atoms with van der Waals surface area (Å²) in [6, 6.07) is 10.7. The quantitative estimate of drug-likeness (QED) is 0.805. The number of quaternary nitrogens is 1. The first kappa shape index (κ1) is 17.2. The number of benzene rings is 1. The van der Waals surface area contributed by atoms with Gasteiger partial charge in [-0.2, -0.15) is 4.59 Å². The molecule has 1 fully saturated rings. The minimum Gasteiger partial charge on any atom is -0.346 e. The molecule has 4 rings (SSSR count). The van der Waals surface area contributed by atoms with Gasteiger partial charge in [-0.05, 0) is 57.1 Å². The lowest BCUT2D eigenvalue weighted by Gasteiger charge is -2.39. The van der Waals surface area contributed by atoms with E-state index in [1.165, 1.54) is 24.0 Å². The Bertz CT molecular complexity index is 790. The largest absolute Gasteiger partial charge is 0.346 e. The molecule has 0 bridgehead atoms. The van der Waals surface area contributed by atoms with Crippen molar-refractivity contribution in [2.45, 2.75) is 51.6 Å². The highest BCUT2D eigenvalue weighted by atomic mass is 16.2. The van der Waals surface area contributed by atoms with Crippen molar-refractivity contribution < 1.29 is 9.39 Å². The molecule has 1 N–H and O–H groups in total. The molecule has 2 atom stereocenters. The molecule has 4 heteroatoms. The van der Waals surface area contributed by atoms with Crippen LogP contribution in [0.5, 0.6) is 0 Å². The van der Waals surface area contributed by atoms with E-state index in [0.29, 0.717) is 17.1 Å². The van der Waals surface area contributed by atoms with E-state index >= 15 is 0 Å². The maximum absolute atomic E-state index is 13.2. The molecule has 1 aromatic carbocycles. The minimum atomic E-state index is -0.126. The van der Waals surface area contributed by atoms with Crippen molar-refractivity contribution >= 4 is 17.7 Å². The Hall–Kier alpha value is -2.20. The summed E-state index contributed by atoms with van der Waals surface area (Å²) >= 11 is 0. The van der Waals surface area contributed by atoms with E-state index in [1.54, 1.807) is 0 Å². The number of rotatable bonds is 5. The molecular weight excluding hydrogens is 322 g/mol. The summed E-state index contributed by atoms with van der Waals surface area (Å²) in [7, 11) is 0. The first-order chi connectivity index (χ1) is 12.4. The summed E-state index contributed by atoms with van der Waals surface area (Å²) < 4.78 is 0.458. The molecule has 2 unspecified atom stereocenters. The van der Waals surface area contributed by atoms with Crippen LogP contribution in [0.3, 0.4) is 0 Å². The molecule has 2 heterocycles. The van der Waals surface area contributed by atoms with Gasteiger partial charge in [0.2, 0.25) is 0 Å². The van der Waals surface area contributed by atoms with Crippen LogP contribution in [0.15, 0.2) is 53.3 Å². The number of amides is 1. The first-order valence-corrected chi connectivity index (χ1v) is 9.64. The fourth-order valence-electron chi connectivity index (χ4n) is 4.26. The standard InChI is InChI=1S/C22H27N3O/c1-16(2)25(13-7-12-23-25)15-20-19(17-8-5-4-6-9-17)14-22(3,18-10-11-18)24-21(20)26/h4-9,12-13,16,18H,10-11,14-15H2,1-3H3/p+1. The van der Waals surface area contributed by atoms with Crippen LogP contribution in [0.4, 0.5) is 0 Å². The van der Waals surface area contributed by atoms with Gasteiger partial charge in [-0.1, -0.05) is 35.4 Å². The second kappa shape index (κ2) is 6.20. The van der Waals surface area contributed by atoms with Gasteiger partial charge in [0.25, 0.3) is 5.91 Å². The summed E-state index contributed by atoms with van der Waals surface area (Å²) in [6.07, 6.45) is 9.26. The fraction of sp³-hybridized carbons (Fsp3) is 0.455. The highest BCUT2D eigenvalue weighted by molar-refractivity contribution is 6.04.